The molecule has 1 aromatic rings. The third-order valence-corrected chi connectivity index (χ3v) is 4.03. The second-order valence-corrected chi connectivity index (χ2v) is 5.39. The van der Waals surface area contributed by atoms with Crippen molar-refractivity contribution in [2.45, 2.75) is 57.9 Å². The summed E-state index contributed by atoms with van der Waals surface area (Å²) in [5, 5.41) is 3.63. The summed E-state index contributed by atoms with van der Waals surface area (Å²) in [6.45, 7) is 2.27. The smallest absolute Gasteiger partial charge is 0.133 e. The summed E-state index contributed by atoms with van der Waals surface area (Å²) >= 11 is 0. The fraction of sp³-hybridized carbons (Fsp3) is 0.714. The van der Waals surface area contributed by atoms with Crippen molar-refractivity contribution < 1.29 is 0 Å². The third kappa shape index (κ3) is 2.28. The fourth-order valence-corrected chi connectivity index (χ4v) is 2.94. The van der Waals surface area contributed by atoms with Gasteiger partial charge in [0.2, 0.25) is 0 Å². The molecule has 0 aromatic carbocycles. The van der Waals surface area contributed by atoms with Gasteiger partial charge in [-0.1, -0.05) is 13.3 Å². The number of hydrogen-bond donors (Lipinski definition) is 1. The first-order valence-electron chi connectivity index (χ1n) is 6.97. The maximum absolute atomic E-state index is 4.44. The van der Waals surface area contributed by atoms with E-state index in [0.29, 0.717) is 6.04 Å². The van der Waals surface area contributed by atoms with Gasteiger partial charge < -0.3 is 5.32 Å². The summed E-state index contributed by atoms with van der Waals surface area (Å²) in [7, 11) is 0. The van der Waals surface area contributed by atoms with E-state index in [4.69, 9.17) is 0 Å². The molecular weight excluding hydrogens is 210 g/mol. The zero-order chi connectivity index (χ0) is 11.7. The van der Waals surface area contributed by atoms with Crippen molar-refractivity contribution in [3.8, 4) is 0 Å². The number of hydrogen-bond acceptors (Lipinski definition) is 3. The molecule has 17 heavy (non-hydrogen) atoms. The van der Waals surface area contributed by atoms with Crippen molar-refractivity contribution >= 4 is 5.82 Å². The lowest BCUT2D eigenvalue weighted by Crippen LogP contribution is -2.14. The number of fused-ring (bicyclic) bond motifs is 1. The molecule has 0 amide bonds. The van der Waals surface area contributed by atoms with Gasteiger partial charge in [0.25, 0.3) is 0 Å². The van der Waals surface area contributed by atoms with E-state index in [1.165, 1.54) is 43.4 Å². The highest BCUT2D eigenvalue weighted by Crippen LogP contribution is 2.38. The Balaban J connectivity index is 1.71. The topological polar surface area (TPSA) is 37.8 Å². The van der Waals surface area contributed by atoms with Crippen LogP contribution in [0.5, 0.6) is 0 Å². The molecule has 1 saturated carbocycles. The van der Waals surface area contributed by atoms with Crippen LogP contribution in [0.2, 0.25) is 0 Å². The second kappa shape index (κ2) is 4.63. The summed E-state index contributed by atoms with van der Waals surface area (Å²) in [5.41, 5.74) is 2.67. The number of aromatic nitrogens is 2. The van der Waals surface area contributed by atoms with E-state index >= 15 is 0 Å². The molecule has 0 bridgehead atoms. The minimum Gasteiger partial charge on any atom is -0.367 e. The maximum atomic E-state index is 4.44. The lowest BCUT2D eigenvalue weighted by molar-refractivity contribution is 0.660. The molecule has 0 aliphatic heterocycles. The summed E-state index contributed by atoms with van der Waals surface area (Å²) < 4.78 is 0. The highest BCUT2D eigenvalue weighted by molar-refractivity contribution is 5.48. The molecule has 3 rings (SSSR count). The first-order valence-corrected chi connectivity index (χ1v) is 6.97. The van der Waals surface area contributed by atoms with Crippen LogP contribution in [-0.4, -0.2) is 16.0 Å². The van der Waals surface area contributed by atoms with Crippen molar-refractivity contribution in [3.05, 3.63) is 17.6 Å². The minimum absolute atomic E-state index is 0.677. The van der Waals surface area contributed by atoms with Crippen molar-refractivity contribution in [2.24, 2.45) is 5.92 Å². The summed E-state index contributed by atoms with van der Waals surface area (Å²) in [6.07, 6.45) is 10.6. The molecule has 2 unspecified atom stereocenters. The number of rotatable bonds is 4. The fourth-order valence-electron chi connectivity index (χ4n) is 2.94. The van der Waals surface area contributed by atoms with Crippen LogP contribution in [0.4, 0.5) is 5.82 Å². The van der Waals surface area contributed by atoms with Crippen LogP contribution in [-0.2, 0) is 12.8 Å². The average Bonchev–Trinajstić information content (AvgIpc) is 3.08. The molecule has 1 aromatic heterocycles. The number of anilines is 1. The molecule has 3 nitrogen and oxygen atoms in total. The molecule has 0 saturated heterocycles. The maximum Gasteiger partial charge on any atom is 0.133 e. The van der Waals surface area contributed by atoms with Crippen LogP contribution in [0.3, 0.4) is 0 Å². The Morgan fingerprint density at radius 1 is 1.29 bits per heavy atom. The Labute approximate surface area is 103 Å². The molecule has 1 heterocycles. The molecule has 3 heteroatoms. The average molecular weight is 231 g/mol. The van der Waals surface area contributed by atoms with Gasteiger partial charge in [0.05, 0.1) is 0 Å². The highest BCUT2D eigenvalue weighted by Gasteiger charge is 2.36. The van der Waals surface area contributed by atoms with Gasteiger partial charge in [-0.2, -0.15) is 0 Å². The predicted molar refractivity (Wildman–Crippen MR) is 69.1 cm³/mol. The largest absolute Gasteiger partial charge is 0.367 e. The van der Waals surface area contributed by atoms with Crippen LogP contribution >= 0.6 is 0 Å². The minimum atomic E-state index is 0.677. The normalized spacial score (nSPS) is 26.4. The second-order valence-electron chi connectivity index (χ2n) is 5.39. The van der Waals surface area contributed by atoms with Crippen LogP contribution in [0, 0.1) is 5.92 Å². The quantitative estimate of drug-likeness (QED) is 0.865. The van der Waals surface area contributed by atoms with Crippen LogP contribution in [0.1, 0.15) is 50.3 Å². The Morgan fingerprint density at radius 2 is 2.18 bits per heavy atom. The first kappa shape index (κ1) is 11.0. The van der Waals surface area contributed by atoms with E-state index in [-0.39, 0.29) is 0 Å². The van der Waals surface area contributed by atoms with Crippen LogP contribution in [0.15, 0.2) is 6.33 Å². The van der Waals surface area contributed by atoms with Crippen molar-refractivity contribution in [1.29, 1.82) is 0 Å². The van der Waals surface area contributed by atoms with Gasteiger partial charge in [0.1, 0.15) is 12.1 Å². The van der Waals surface area contributed by atoms with E-state index in [1.54, 1.807) is 6.33 Å². The number of nitrogens with one attached hydrogen (secondary N) is 1. The van der Waals surface area contributed by atoms with E-state index in [1.807, 2.05) is 0 Å². The molecular formula is C14H21N3. The van der Waals surface area contributed by atoms with Gasteiger partial charge in [-0.25, -0.2) is 9.97 Å². The molecule has 92 valence electrons. The third-order valence-electron chi connectivity index (χ3n) is 4.03. The molecule has 2 aliphatic carbocycles. The van der Waals surface area contributed by atoms with E-state index in [0.717, 1.165) is 24.6 Å². The lowest BCUT2D eigenvalue weighted by atomic mass is 9.96. The molecule has 0 spiro atoms. The summed E-state index contributed by atoms with van der Waals surface area (Å²) in [4.78, 5) is 8.86. The predicted octanol–water partition coefficient (Wildman–Crippen LogP) is 2.96. The Bertz CT molecular complexity index is 402. The van der Waals surface area contributed by atoms with Crippen molar-refractivity contribution in [2.75, 3.05) is 5.32 Å². The zero-order valence-electron chi connectivity index (χ0n) is 10.6. The Hall–Kier alpha value is -1.12. The SMILES string of the molecule is CCCC1CC1Nc1ncnc2c1CCCC2. The zero-order valence-corrected chi connectivity index (χ0v) is 10.6. The number of nitrogens with zero attached hydrogens (tertiary/aromatic N) is 2. The number of aryl methyl sites for hydroxylation is 1. The standard InChI is InChI=1S/C14H21N3/c1-2-5-10-8-13(10)17-14-11-6-3-4-7-12(11)15-9-16-14/h9-10,13H,2-8H2,1H3,(H,15,16,17). The molecule has 2 atom stereocenters. The van der Waals surface area contributed by atoms with Crippen LogP contribution in [0.25, 0.3) is 0 Å². The van der Waals surface area contributed by atoms with Gasteiger partial charge in [0.15, 0.2) is 0 Å². The lowest BCUT2D eigenvalue weighted by Gasteiger charge is -2.18. The Morgan fingerprint density at radius 3 is 3.06 bits per heavy atom. The van der Waals surface area contributed by atoms with Gasteiger partial charge >= 0.3 is 0 Å². The summed E-state index contributed by atoms with van der Waals surface area (Å²) in [6, 6.07) is 0.677. The summed E-state index contributed by atoms with van der Waals surface area (Å²) in [5.74, 6) is 2.01. The van der Waals surface area contributed by atoms with Gasteiger partial charge in [-0.15, -0.1) is 0 Å². The van der Waals surface area contributed by atoms with Gasteiger partial charge in [-0.05, 0) is 44.4 Å². The molecule has 1 N–H and O–H groups in total. The van der Waals surface area contributed by atoms with Crippen LogP contribution < -0.4 is 5.32 Å². The highest BCUT2D eigenvalue weighted by atomic mass is 15.1. The Kier molecular flexibility index (Phi) is 3.00. The van der Waals surface area contributed by atoms with E-state index in [2.05, 4.69) is 22.2 Å². The van der Waals surface area contributed by atoms with Gasteiger partial charge in [-0.3, -0.25) is 0 Å². The van der Waals surface area contributed by atoms with Crippen molar-refractivity contribution in [1.82, 2.24) is 9.97 Å². The van der Waals surface area contributed by atoms with Crippen molar-refractivity contribution in [3.63, 3.8) is 0 Å². The van der Waals surface area contributed by atoms with E-state index in [9.17, 15) is 0 Å². The molecule has 2 aliphatic rings. The molecule has 0 radical (unpaired) electrons. The molecule has 1 fully saturated rings. The first-order chi connectivity index (χ1) is 8.38. The van der Waals surface area contributed by atoms with E-state index < -0.39 is 0 Å². The monoisotopic (exact) mass is 231 g/mol. The van der Waals surface area contributed by atoms with Gasteiger partial charge in [0, 0.05) is 17.3 Å².